The Morgan fingerprint density at radius 3 is 2.86 bits per heavy atom. The molecule has 0 saturated carbocycles. The number of nitrogens with one attached hydrogen (secondary N) is 4. The van der Waals surface area contributed by atoms with Gasteiger partial charge in [0.2, 0.25) is 0 Å². The monoisotopic (exact) mass is 376 g/mol. The van der Waals surface area contributed by atoms with Crippen LogP contribution in [0.25, 0.3) is 5.69 Å². The van der Waals surface area contributed by atoms with Crippen LogP contribution in [0.5, 0.6) is 5.75 Å². The third kappa shape index (κ3) is 3.30. The summed E-state index contributed by atoms with van der Waals surface area (Å²) in [5.41, 5.74) is 10.5. The van der Waals surface area contributed by atoms with Crippen LogP contribution in [0.1, 0.15) is 18.0 Å². The van der Waals surface area contributed by atoms with E-state index in [1.807, 2.05) is 35.1 Å². The van der Waals surface area contributed by atoms with Gasteiger partial charge in [0.1, 0.15) is 5.75 Å². The first-order chi connectivity index (χ1) is 13.7. The zero-order chi connectivity index (χ0) is 18.9. The van der Waals surface area contributed by atoms with Gasteiger partial charge < -0.3 is 15.4 Å². The molecule has 2 aromatic carbocycles. The number of fused-ring (bicyclic) bond motifs is 1. The van der Waals surface area contributed by atoms with Crippen LogP contribution in [-0.4, -0.2) is 28.5 Å². The van der Waals surface area contributed by atoms with Gasteiger partial charge in [0.05, 0.1) is 17.5 Å². The summed E-state index contributed by atoms with van der Waals surface area (Å²) in [6, 6.07) is 16.2. The third-order valence-electron chi connectivity index (χ3n) is 4.92. The molecule has 8 nitrogen and oxygen atoms in total. The second-order valence-corrected chi connectivity index (χ2v) is 6.86. The lowest BCUT2D eigenvalue weighted by molar-refractivity contribution is -0.118. The lowest BCUT2D eigenvalue weighted by Gasteiger charge is -2.20. The van der Waals surface area contributed by atoms with Crippen molar-refractivity contribution in [2.24, 2.45) is 0 Å². The first-order valence-corrected chi connectivity index (χ1v) is 9.19. The maximum atomic E-state index is 11.4. The number of carbonyl (C=O) groups excluding carboxylic acids is 1. The van der Waals surface area contributed by atoms with Gasteiger partial charge >= 0.3 is 0 Å². The Kier molecular flexibility index (Phi) is 4.19. The van der Waals surface area contributed by atoms with Crippen molar-refractivity contribution in [3.63, 3.8) is 0 Å². The average molecular weight is 376 g/mol. The fraction of sp³-hybridized carbons (Fsp3) is 0.200. The Hall–Kier alpha value is -3.36. The fourth-order valence-electron chi connectivity index (χ4n) is 3.52. The number of hydrogen-bond acceptors (Lipinski definition) is 6. The van der Waals surface area contributed by atoms with E-state index in [-0.39, 0.29) is 24.7 Å². The number of anilines is 2. The van der Waals surface area contributed by atoms with Crippen molar-refractivity contribution in [3.8, 4) is 11.4 Å². The van der Waals surface area contributed by atoms with E-state index in [1.165, 1.54) is 5.56 Å². The van der Waals surface area contributed by atoms with E-state index < -0.39 is 0 Å². The molecule has 2 unspecified atom stereocenters. The van der Waals surface area contributed by atoms with Crippen molar-refractivity contribution in [2.75, 3.05) is 17.2 Å². The molecule has 5 rings (SSSR count). The highest BCUT2D eigenvalue weighted by atomic mass is 16.5. The van der Waals surface area contributed by atoms with Crippen LogP contribution in [0.3, 0.4) is 0 Å². The van der Waals surface area contributed by atoms with E-state index >= 15 is 0 Å². The Labute approximate surface area is 161 Å². The minimum Gasteiger partial charge on any atom is -0.482 e. The van der Waals surface area contributed by atoms with Gasteiger partial charge in [0, 0.05) is 36.6 Å². The first kappa shape index (κ1) is 16.8. The highest BCUT2D eigenvalue weighted by molar-refractivity contribution is 5.95. The van der Waals surface area contributed by atoms with E-state index in [9.17, 15) is 4.79 Å². The molecule has 3 aromatic rings. The van der Waals surface area contributed by atoms with E-state index in [0.717, 1.165) is 17.8 Å². The molecule has 142 valence electrons. The normalized spacial score (nSPS) is 20.9. The highest BCUT2D eigenvalue weighted by Gasteiger charge is 2.25. The summed E-state index contributed by atoms with van der Waals surface area (Å²) < 4.78 is 7.32. The molecule has 1 saturated heterocycles. The van der Waals surface area contributed by atoms with Crippen LogP contribution < -0.4 is 26.2 Å². The molecule has 2 aliphatic rings. The van der Waals surface area contributed by atoms with Gasteiger partial charge in [-0.1, -0.05) is 12.1 Å². The molecule has 2 atom stereocenters. The lowest BCUT2D eigenvalue weighted by atomic mass is 10.0. The van der Waals surface area contributed by atoms with Crippen molar-refractivity contribution in [2.45, 2.75) is 18.6 Å². The Morgan fingerprint density at radius 1 is 1.14 bits per heavy atom. The summed E-state index contributed by atoms with van der Waals surface area (Å²) in [6.07, 6.45) is 4.66. The van der Waals surface area contributed by atoms with Gasteiger partial charge in [0.15, 0.2) is 6.61 Å². The number of aromatic nitrogens is 2. The van der Waals surface area contributed by atoms with Crippen molar-refractivity contribution >= 4 is 17.3 Å². The van der Waals surface area contributed by atoms with Crippen LogP contribution >= 0.6 is 0 Å². The number of benzene rings is 2. The molecule has 1 amide bonds. The third-order valence-corrected chi connectivity index (χ3v) is 4.92. The van der Waals surface area contributed by atoms with Crippen LogP contribution in [0, 0.1) is 0 Å². The van der Waals surface area contributed by atoms with Crippen molar-refractivity contribution in [3.05, 3.63) is 66.5 Å². The molecule has 2 aliphatic heterocycles. The average Bonchev–Trinajstić information content (AvgIpc) is 3.41. The molecule has 0 aliphatic carbocycles. The largest absolute Gasteiger partial charge is 0.482 e. The minimum absolute atomic E-state index is 0.0519. The van der Waals surface area contributed by atoms with Crippen LogP contribution in [-0.2, 0) is 4.79 Å². The van der Waals surface area contributed by atoms with E-state index in [1.54, 1.807) is 6.20 Å². The summed E-state index contributed by atoms with van der Waals surface area (Å²) in [5, 5.41) is 10.5. The second-order valence-electron chi connectivity index (χ2n) is 6.86. The number of carbonyl (C=O) groups is 1. The first-order valence-electron chi connectivity index (χ1n) is 9.19. The zero-order valence-electron chi connectivity index (χ0n) is 15.1. The number of ether oxygens (including phenoxy) is 1. The number of hydrogen-bond donors (Lipinski definition) is 4. The van der Waals surface area contributed by atoms with Crippen molar-refractivity contribution in [1.29, 1.82) is 0 Å². The molecule has 1 fully saturated rings. The van der Waals surface area contributed by atoms with Gasteiger partial charge in [-0.2, -0.15) is 5.10 Å². The molecule has 1 aromatic heterocycles. The van der Waals surface area contributed by atoms with Crippen LogP contribution in [0.2, 0.25) is 0 Å². The maximum Gasteiger partial charge on any atom is 0.262 e. The molecule has 28 heavy (non-hydrogen) atoms. The molecular weight excluding hydrogens is 356 g/mol. The van der Waals surface area contributed by atoms with Crippen molar-refractivity contribution in [1.82, 2.24) is 20.6 Å². The number of hydrazine groups is 1. The molecule has 0 bridgehead atoms. The lowest BCUT2D eigenvalue weighted by Crippen LogP contribution is -2.35. The van der Waals surface area contributed by atoms with Crippen LogP contribution in [0.4, 0.5) is 11.4 Å². The van der Waals surface area contributed by atoms with Gasteiger partial charge in [-0.25, -0.2) is 15.5 Å². The SMILES string of the molecule is O=C1COc2cc(NC3CC(c4ccc(-n5cccn5)cc4)NN3)ccc2N1. The summed E-state index contributed by atoms with van der Waals surface area (Å²) >= 11 is 0. The fourth-order valence-corrected chi connectivity index (χ4v) is 3.52. The van der Waals surface area contributed by atoms with Gasteiger partial charge in [0.25, 0.3) is 5.91 Å². The quantitative estimate of drug-likeness (QED) is 0.558. The molecule has 8 heteroatoms. The van der Waals surface area contributed by atoms with Gasteiger partial charge in [-0.3, -0.25) is 4.79 Å². The molecule has 4 N–H and O–H groups in total. The standard InChI is InChI=1S/C20H20N6O2/c27-20-12-28-18-10-14(4-7-16(18)23-20)22-19-11-17(24-25-19)13-2-5-15(6-3-13)26-9-1-8-21-26/h1-10,17,19,22,24-25H,11-12H2,(H,23,27). The Bertz CT molecular complexity index is 986. The highest BCUT2D eigenvalue weighted by Crippen LogP contribution is 2.31. The predicted octanol–water partition coefficient (Wildman–Crippen LogP) is 2.18. The molecular formula is C20H20N6O2. The second kappa shape index (κ2) is 6.99. The predicted molar refractivity (Wildman–Crippen MR) is 105 cm³/mol. The summed E-state index contributed by atoms with van der Waals surface area (Å²) in [4.78, 5) is 11.4. The van der Waals surface area contributed by atoms with E-state index in [0.29, 0.717) is 11.4 Å². The maximum absolute atomic E-state index is 11.4. The molecule has 3 heterocycles. The Balaban J connectivity index is 1.23. The molecule has 0 spiro atoms. The summed E-state index contributed by atoms with van der Waals surface area (Å²) in [5.74, 6) is 0.553. The molecule has 0 radical (unpaired) electrons. The smallest absolute Gasteiger partial charge is 0.262 e. The zero-order valence-corrected chi connectivity index (χ0v) is 15.1. The Morgan fingerprint density at radius 2 is 2.04 bits per heavy atom. The van der Waals surface area contributed by atoms with Crippen LogP contribution in [0.15, 0.2) is 60.9 Å². The van der Waals surface area contributed by atoms with Gasteiger partial charge in [-0.15, -0.1) is 0 Å². The topological polar surface area (TPSA) is 92.2 Å². The van der Waals surface area contributed by atoms with E-state index in [4.69, 9.17) is 4.74 Å². The number of amides is 1. The minimum atomic E-state index is -0.128. The van der Waals surface area contributed by atoms with Crippen molar-refractivity contribution < 1.29 is 9.53 Å². The summed E-state index contributed by atoms with van der Waals surface area (Å²) in [7, 11) is 0. The van der Waals surface area contributed by atoms with Gasteiger partial charge in [-0.05, 0) is 35.9 Å². The van der Waals surface area contributed by atoms with E-state index in [2.05, 4.69) is 50.8 Å². The number of rotatable bonds is 4. The number of nitrogens with zero attached hydrogens (tertiary/aromatic N) is 2. The summed E-state index contributed by atoms with van der Waals surface area (Å²) in [6.45, 7) is 0.0519.